The Bertz CT molecular complexity index is 1270. The van der Waals surface area contributed by atoms with Crippen molar-refractivity contribution < 1.29 is 27.8 Å². The molecule has 1 aromatic carbocycles. The molecule has 42 heavy (non-hydrogen) atoms. The maximum Gasteiger partial charge on any atom is 0.329 e. The van der Waals surface area contributed by atoms with E-state index in [0.717, 1.165) is 49.8 Å². The zero-order valence-electron chi connectivity index (χ0n) is 24.6. The number of hydrogen-bond acceptors (Lipinski definition) is 7. The molecule has 0 fully saturated rings. The lowest BCUT2D eigenvalue weighted by molar-refractivity contribution is -0.134. The van der Waals surface area contributed by atoms with Crippen molar-refractivity contribution >= 4 is 5.97 Å². The molecule has 0 bridgehead atoms. The van der Waals surface area contributed by atoms with Gasteiger partial charge in [-0.25, -0.2) is 15.0 Å². The standard InChI is InChI=1S/C33H41F2N3O4/c1-3-5-7-10-20-40-21-11-9-12-29-33(34,35)31-28(42-29)19-18-27(38-31)32-36-22-25(23-37-32)24-14-16-26(17-15-24)41-30(39)13-8-6-4-2/h14-19,22-23,29H,3-13,20-21H2,1-2H3. The summed E-state index contributed by atoms with van der Waals surface area (Å²) in [5, 5.41) is 0. The summed E-state index contributed by atoms with van der Waals surface area (Å²) in [5.74, 6) is -2.62. The van der Waals surface area contributed by atoms with Gasteiger partial charge >= 0.3 is 11.9 Å². The van der Waals surface area contributed by atoms with Gasteiger partial charge in [0, 0.05) is 37.6 Å². The molecule has 9 heteroatoms. The van der Waals surface area contributed by atoms with Gasteiger partial charge in [0.05, 0.1) is 0 Å². The van der Waals surface area contributed by atoms with Crippen molar-refractivity contribution in [2.24, 2.45) is 0 Å². The van der Waals surface area contributed by atoms with Crippen molar-refractivity contribution in [1.29, 1.82) is 0 Å². The number of benzene rings is 1. The molecule has 4 rings (SSSR count). The van der Waals surface area contributed by atoms with Crippen LogP contribution in [0.5, 0.6) is 11.5 Å². The van der Waals surface area contributed by atoms with E-state index >= 15 is 8.78 Å². The van der Waals surface area contributed by atoms with Gasteiger partial charge in [0.15, 0.2) is 17.6 Å². The smallest absolute Gasteiger partial charge is 0.329 e. The van der Waals surface area contributed by atoms with E-state index in [9.17, 15) is 4.79 Å². The van der Waals surface area contributed by atoms with Gasteiger partial charge in [-0.1, -0.05) is 58.1 Å². The molecule has 0 aliphatic carbocycles. The number of carbonyl (C=O) groups is 1. The number of fused-ring (bicyclic) bond motifs is 1. The van der Waals surface area contributed by atoms with Crippen LogP contribution in [0.2, 0.25) is 0 Å². The van der Waals surface area contributed by atoms with Gasteiger partial charge < -0.3 is 14.2 Å². The zero-order valence-corrected chi connectivity index (χ0v) is 24.6. The minimum Gasteiger partial charge on any atom is -0.482 e. The molecule has 0 saturated heterocycles. The van der Waals surface area contributed by atoms with Crippen molar-refractivity contribution in [3.63, 3.8) is 0 Å². The van der Waals surface area contributed by atoms with Crippen LogP contribution in [0.3, 0.4) is 0 Å². The largest absolute Gasteiger partial charge is 0.482 e. The first kappa shape index (κ1) is 31.5. The van der Waals surface area contributed by atoms with E-state index in [-0.39, 0.29) is 35.4 Å². The molecule has 226 valence electrons. The predicted octanol–water partition coefficient (Wildman–Crippen LogP) is 8.31. The first-order chi connectivity index (χ1) is 20.4. The molecule has 0 N–H and O–H groups in total. The summed E-state index contributed by atoms with van der Waals surface area (Å²) in [5.41, 5.74) is 1.45. The van der Waals surface area contributed by atoms with E-state index in [1.165, 1.54) is 18.9 Å². The molecule has 3 aromatic rings. The number of ether oxygens (including phenoxy) is 3. The fourth-order valence-corrected chi connectivity index (χ4v) is 4.82. The third-order valence-electron chi connectivity index (χ3n) is 7.28. The van der Waals surface area contributed by atoms with Crippen molar-refractivity contribution in [2.45, 2.75) is 96.5 Å². The number of aromatic nitrogens is 3. The summed E-state index contributed by atoms with van der Waals surface area (Å²) in [6, 6.07) is 10.2. The molecule has 0 amide bonds. The fourth-order valence-electron chi connectivity index (χ4n) is 4.82. The van der Waals surface area contributed by atoms with Crippen molar-refractivity contribution in [3.05, 3.63) is 54.5 Å². The lowest BCUT2D eigenvalue weighted by Gasteiger charge is -2.17. The summed E-state index contributed by atoms with van der Waals surface area (Å²) in [6.07, 6.45) is 11.4. The number of alkyl halides is 2. The molecule has 7 nitrogen and oxygen atoms in total. The second-order valence-electron chi connectivity index (χ2n) is 10.7. The molecular weight excluding hydrogens is 540 g/mol. The Morgan fingerprint density at radius 1 is 0.857 bits per heavy atom. The lowest BCUT2D eigenvalue weighted by Crippen LogP contribution is -2.30. The molecule has 1 unspecified atom stereocenters. The zero-order chi connectivity index (χ0) is 29.8. The molecule has 1 atom stereocenters. The average molecular weight is 582 g/mol. The van der Waals surface area contributed by atoms with Crippen LogP contribution in [-0.2, 0) is 15.5 Å². The highest BCUT2D eigenvalue weighted by atomic mass is 19.3. The van der Waals surface area contributed by atoms with Gasteiger partial charge in [0.25, 0.3) is 0 Å². The molecule has 2 aromatic heterocycles. The number of pyridine rings is 1. The molecule has 0 spiro atoms. The van der Waals surface area contributed by atoms with Crippen LogP contribution in [0, 0.1) is 0 Å². The average Bonchev–Trinajstić information content (AvgIpc) is 3.25. The Labute approximate surface area is 247 Å². The maximum atomic E-state index is 15.2. The van der Waals surface area contributed by atoms with E-state index < -0.39 is 12.0 Å². The number of unbranched alkanes of at least 4 members (excludes halogenated alkanes) is 6. The summed E-state index contributed by atoms with van der Waals surface area (Å²) >= 11 is 0. The Morgan fingerprint density at radius 2 is 1.55 bits per heavy atom. The highest BCUT2D eigenvalue weighted by molar-refractivity contribution is 5.73. The Morgan fingerprint density at radius 3 is 2.26 bits per heavy atom. The quantitative estimate of drug-likeness (QED) is 0.0900. The van der Waals surface area contributed by atoms with E-state index in [2.05, 4.69) is 28.8 Å². The van der Waals surface area contributed by atoms with Gasteiger partial charge in [0.1, 0.15) is 17.2 Å². The minimum atomic E-state index is -3.20. The van der Waals surface area contributed by atoms with Crippen LogP contribution in [0.15, 0.2) is 48.8 Å². The van der Waals surface area contributed by atoms with Crippen molar-refractivity contribution in [3.8, 4) is 34.1 Å². The molecule has 1 aliphatic rings. The van der Waals surface area contributed by atoms with Gasteiger partial charge in [-0.2, -0.15) is 8.78 Å². The van der Waals surface area contributed by atoms with Gasteiger partial charge in [-0.3, -0.25) is 4.79 Å². The first-order valence-corrected chi connectivity index (χ1v) is 15.2. The van der Waals surface area contributed by atoms with Crippen LogP contribution in [-0.4, -0.2) is 40.2 Å². The van der Waals surface area contributed by atoms with Crippen molar-refractivity contribution in [2.75, 3.05) is 13.2 Å². The molecule has 0 radical (unpaired) electrons. The molecule has 3 heterocycles. The monoisotopic (exact) mass is 581 g/mol. The number of nitrogens with zero attached hydrogens (tertiary/aromatic N) is 3. The second kappa shape index (κ2) is 15.7. The van der Waals surface area contributed by atoms with Crippen LogP contribution in [0.25, 0.3) is 22.6 Å². The summed E-state index contributed by atoms with van der Waals surface area (Å²) < 4.78 is 47.1. The summed E-state index contributed by atoms with van der Waals surface area (Å²) in [6.45, 7) is 5.55. The number of carbonyl (C=O) groups excluding carboxylic acids is 1. The van der Waals surface area contributed by atoms with E-state index in [1.54, 1.807) is 30.6 Å². The van der Waals surface area contributed by atoms with Crippen LogP contribution in [0.1, 0.15) is 90.2 Å². The van der Waals surface area contributed by atoms with E-state index in [0.29, 0.717) is 31.6 Å². The second-order valence-corrected chi connectivity index (χ2v) is 10.7. The van der Waals surface area contributed by atoms with Crippen molar-refractivity contribution in [1.82, 2.24) is 15.0 Å². The van der Waals surface area contributed by atoms with Crippen LogP contribution >= 0.6 is 0 Å². The number of esters is 1. The molecular formula is C33H41F2N3O4. The van der Waals surface area contributed by atoms with Crippen LogP contribution < -0.4 is 9.47 Å². The normalized spacial score (nSPS) is 15.3. The topological polar surface area (TPSA) is 83.4 Å². The Balaban J connectivity index is 1.30. The Hall–Kier alpha value is -3.46. The predicted molar refractivity (Wildman–Crippen MR) is 158 cm³/mol. The van der Waals surface area contributed by atoms with Gasteiger partial charge in [-0.05, 0) is 61.9 Å². The summed E-state index contributed by atoms with van der Waals surface area (Å²) in [4.78, 5) is 24.9. The third kappa shape index (κ3) is 8.53. The SMILES string of the molecule is CCCCCCOCCCCC1Oc2ccc(-c3ncc(-c4ccc(OC(=O)CCCCC)cc4)cn3)nc2C1(F)F. The van der Waals surface area contributed by atoms with Crippen LogP contribution in [0.4, 0.5) is 8.78 Å². The van der Waals surface area contributed by atoms with Gasteiger partial charge in [-0.15, -0.1) is 0 Å². The summed E-state index contributed by atoms with van der Waals surface area (Å²) in [7, 11) is 0. The third-order valence-corrected chi connectivity index (χ3v) is 7.28. The van der Waals surface area contributed by atoms with E-state index in [1.807, 2.05) is 12.1 Å². The number of hydrogen-bond donors (Lipinski definition) is 0. The highest BCUT2D eigenvalue weighted by Gasteiger charge is 2.52. The minimum absolute atomic E-state index is 0.101. The molecule has 1 aliphatic heterocycles. The lowest BCUT2D eigenvalue weighted by atomic mass is 10.0. The first-order valence-electron chi connectivity index (χ1n) is 15.2. The Kier molecular flexibility index (Phi) is 11.7. The van der Waals surface area contributed by atoms with Gasteiger partial charge in [0.2, 0.25) is 0 Å². The maximum absolute atomic E-state index is 15.2. The number of rotatable bonds is 17. The number of halogens is 2. The molecule has 0 saturated carbocycles. The van der Waals surface area contributed by atoms with E-state index in [4.69, 9.17) is 14.2 Å². The highest BCUT2D eigenvalue weighted by Crippen LogP contribution is 2.46. The fraction of sp³-hybridized carbons (Fsp3) is 0.515.